The topological polar surface area (TPSA) is 72.6 Å². The molecule has 3 rings (SSSR count). The maximum Gasteiger partial charge on any atom is 0.341 e. The molecule has 0 aliphatic rings. The predicted octanol–water partition coefficient (Wildman–Crippen LogP) is 3.58. The summed E-state index contributed by atoms with van der Waals surface area (Å²) in [6.07, 6.45) is 0. The van der Waals surface area contributed by atoms with E-state index in [0.29, 0.717) is 22.8 Å². The van der Waals surface area contributed by atoms with Crippen LogP contribution >= 0.6 is 0 Å². The number of aliphatic carboxylic acids is 1. The van der Waals surface area contributed by atoms with E-state index in [4.69, 9.17) is 14.3 Å². The van der Waals surface area contributed by atoms with Gasteiger partial charge in [-0.25, -0.2) is 9.78 Å². The van der Waals surface area contributed by atoms with Crippen molar-refractivity contribution in [1.82, 2.24) is 4.98 Å². The molecule has 5 heteroatoms. The van der Waals surface area contributed by atoms with Crippen LogP contribution in [0.1, 0.15) is 11.1 Å². The number of carboxylic acid groups (broad SMARTS) is 1. The first kappa shape index (κ1) is 14.1. The van der Waals surface area contributed by atoms with Gasteiger partial charge in [0.05, 0.1) is 5.56 Å². The Kier molecular flexibility index (Phi) is 3.55. The number of benzene rings is 2. The van der Waals surface area contributed by atoms with E-state index in [1.165, 1.54) is 0 Å². The van der Waals surface area contributed by atoms with E-state index in [1.54, 1.807) is 0 Å². The highest BCUT2D eigenvalue weighted by atomic mass is 16.5. The molecule has 1 heterocycles. The van der Waals surface area contributed by atoms with Crippen molar-refractivity contribution in [2.24, 2.45) is 0 Å². The van der Waals surface area contributed by atoms with Gasteiger partial charge in [-0.2, -0.15) is 0 Å². The number of para-hydroxylation sites is 1. The smallest absolute Gasteiger partial charge is 0.341 e. The quantitative estimate of drug-likeness (QED) is 0.797. The van der Waals surface area contributed by atoms with Crippen LogP contribution in [0.15, 0.2) is 40.8 Å². The minimum Gasteiger partial charge on any atom is -0.481 e. The first-order chi connectivity index (χ1) is 10.5. The van der Waals surface area contributed by atoms with Crippen molar-refractivity contribution in [1.29, 1.82) is 0 Å². The lowest BCUT2D eigenvalue weighted by molar-refractivity contribution is -0.139. The third kappa shape index (κ3) is 2.65. The SMILES string of the molecule is Cc1ccc2oc(-c3cccc(C)c3OCC(=O)O)nc2c1. The maximum absolute atomic E-state index is 10.7. The zero-order valence-electron chi connectivity index (χ0n) is 12.3. The summed E-state index contributed by atoms with van der Waals surface area (Å²) in [5.41, 5.74) is 4.03. The lowest BCUT2D eigenvalue weighted by Crippen LogP contribution is -2.10. The van der Waals surface area contributed by atoms with Crippen LogP contribution in [0, 0.1) is 13.8 Å². The van der Waals surface area contributed by atoms with Crippen molar-refractivity contribution in [3.63, 3.8) is 0 Å². The Morgan fingerprint density at radius 1 is 1.27 bits per heavy atom. The molecule has 0 atom stereocenters. The van der Waals surface area contributed by atoms with Crippen LogP contribution in [0.2, 0.25) is 0 Å². The molecule has 5 nitrogen and oxygen atoms in total. The van der Waals surface area contributed by atoms with Gasteiger partial charge in [0.2, 0.25) is 5.89 Å². The van der Waals surface area contributed by atoms with Gasteiger partial charge < -0.3 is 14.3 Å². The molecule has 0 aliphatic carbocycles. The monoisotopic (exact) mass is 297 g/mol. The fourth-order valence-corrected chi connectivity index (χ4v) is 2.30. The van der Waals surface area contributed by atoms with Gasteiger partial charge in [0, 0.05) is 0 Å². The Labute approximate surface area is 127 Å². The van der Waals surface area contributed by atoms with Gasteiger partial charge in [-0.05, 0) is 43.2 Å². The largest absolute Gasteiger partial charge is 0.481 e. The average Bonchev–Trinajstić information content (AvgIpc) is 2.88. The summed E-state index contributed by atoms with van der Waals surface area (Å²) in [4.78, 5) is 15.2. The fraction of sp³-hybridized carbons (Fsp3) is 0.176. The zero-order chi connectivity index (χ0) is 15.7. The second-order valence-corrected chi connectivity index (χ2v) is 5.12. The Balaban J connectivity index is 2.09. The molecule has 1 aromatic heterocycles. The molecular formula is C17H15NO4. The van der Waals surface area contributed by atoms with E-state index >= 15 is 0 Å². The summed E-state index contributed by atoms with van der Waals surface area (Å²) in [5, 5.41) is 8.81. The molecular weight excluding hydrogens is 282 g/mol. The van der Waals surface area contributed by atoms with E-state index < -0.39 is 12.6 Å². The Morgan fingerprint density at radius 2 is 2.09 bits per heavy atom. The van der Waals surface area contributed by atoms with Gasteiger partial charge in [-0.1, -0.05) is 18.2 Å². The molecule has 2 aromatic carbocycles. The molecule has 0 fully saturated rings. The van der Waals surface area contributed by atoms with Gasteiger partial charge in [-0.15, -0.1) is 0 Å². The summed E-state index contributed by atoms with van der Waals surface area (Å²) in [5.74, 6) is -0.125. The average molecular weight is 297 g/mol. The molecule has 1 N–H and O–H groups in total. The molecule has 0 unspecified atom stereocenters. The minimum absolute atomic E-state index is 0.406. The van der Waals surface area contributed by atoms with E-state index in [0.717, 1.165) is 16.6 Å². The van der Waals surface area contributed by atoms with Crippen molar-refractivity contribution in [3.8, 4) is 17.2 Å². The number of hydrogen-bond acceptors (Lipinski definition) is 4. The second-order valence-electron chi connectivity index (χ2n) is 5.12. The molecule has 112 valence electrons. The van der Waals surface area contributed by atoms with Crippen LogP contribution in [0.4, 0.5) is 0 Å². The van der Waals surface area contributed by atoms with Crippen molar-refractivity contribution in [3.05, 3.63) is 47.5 Å². The van der Waals surface area contributed by atoms with Gasteiger partial charge in [0.1, 0.15) is 11.3 Å². The Morgan fingerprint density at radius 3 is 2.86 bits per heavy atom. The number of aryl methyl sites for hydroxylation is 2. The lowest BCUT2D eigenvalue weighted by atomic mass is 10.1. The number of nitrogens with zero attached hydrogens (tertiary/aromatic N) is 1. The second kappa shape index (κ2) is 5.52. The van der Waals surface area contributed by atoms with Crippen LogP contribution < -0.4 is 4.74 Å². The normalized spacial score (nSPS) is 10.8. The van der Waals surface area contributed by atoms with E-state index in [2.05, 4.69) is 4.98 Å². The van der Waals surface area contributed by atoms with Crippen LogP contribution in [-0.2, 0) is 4.79 Å². The number of ether oxygens (including phenoxy) is 1. The van der Waals surface area contributed by atoms with Crippen molar-refractivity contribution >= 4 is 17.1 Å². The highest BCUT2D eigenvalue weighted by Gasteiger charge is 2.16. The Hall–Kier alpha value is -2.82. The zero-order valence-corrected chi connectivity index (χ0v) is 12.3. The number of carbonyl (C=O) groups is 1. The van der Waals surface area contributed by atoms with E-state index in [-0.39, 0.29) is 0 Å². The molecule has 0 saturated heterocycles. The number of rotatable bonds is 4. The van der Waals surface area contributed by atoms with Crippen LogP contribution in [0.3, 0.4) is 0 Å². The molecule has 0 saturated carbocycles. The minimum atomic E-state index is -1.03. The lowest BCUT2D eigenvalue weighted by Gasteiger charge is -2.10. The highest BCUT2D eigenvalue weighted by Crippen LogP contribution is 2.34. The number of carboxylic acids is 1. The van der Waals surface area contributed by atoms with Gasteiger partial charge >= 0.3 is 5.97 Å². The molecule has 0 bridgehead atoms. The van der Waals surface area contributed by atoms with Gasteiger partial charge in [0.25, 0.3) is 0 Å². The molecule has 3 aromatic rings. The number of hydrogen-bond donors (Lipinski definition) is 1. The summed E-state index contributed by atoms with van der Waals surface area (Å²) in [6.45, 7) is 3.44. The summed E-state index contributed by atoms with van der Waals surface area (Å²) < 4.78 is 11.2. The van der Waals surface area contributed by atoms with E-state index in [1.807, 2.05) is 50.2 Å². The van der Waals surface area contributed by atoms with Crippen LogP contribution in [0.25, 0.3) is 22.6 Å². The molecule has 0 amide bonds. The van der Waals surface area contributed by atoms with Gasteiger partial charge in [-0.3, -0.25) is 0 Å². The summed E-state index contributed by atoms with van der Waals surface area (Å²) in [6, 6.07) is 11.3. The number of oxazole rings is 1. The number of fused-ring (bicyclic) bond motifs is 1. The molecule has 22 heavy (non-hydrogen) atoms. The van der Waals surface area contributed by atoms with Gasteiger partial charge in [0.15, 0.2) is 12.2 Å². The van der Waals surface area contributed by atoms with Crippen molar-refractivity contribution in [2.75, 3.05) is 6.61 Å². The fourth-order valence-electron chi connectivity index (χ4n) is 2.30. The van der Waals surface area contributed by atoms with Crippen LogP contribution in [-0.4, -0.2) is 22.7 Å². The van der Waals surface area contributed by atoms with E-state index in [9.17, 15) is 4.79 Å². The third-order valence-corrected chi connectivity index (χ3v) is 3.33. The summed E-state index contributed by atoms with van der Waals surface area (Å²) >= 11 is 0. The van der Waals surface area contributed by atoms with Crippen LogP contribution in [0.5, 0.6) is 5.75 Å². The molecule has 0 aliphatic heterocycles. The predicted molar refractivity (Wildman–Crippen MR) is 82.0 cm³/mol. The van der Waals surface area contributed by atoms with Crippen molar-refractivity contribution in [2.45, 2.75) is 13.8 Å². The molecule has 0 radical (unpaired) electrons. The third-order valence-electron chi connectivity index (χ3n) is 3.33. The van der Waals surface area contributed by atoms with Crippen molar-refractivity contribution < 1.29 is 19.1 Å². The standard InChI is InChI=1S/C17H15NO4/c1-10-6-7-14-13(8-10)18-17(22-14)12-5-3-4-11(2)16(12)21-9-15(19)20/h3-8H,9H2,1-2H3,(H,19,20). The number of aromatic nitrogens is 1. The highest BCUT2D eigenvalue weighted by molar-refractivity contribution is 5.78. The molecule has 0 spiro atoms. The first-order valence-electron chi connectivity index (χ1n) is 6.86. The Bertz CT molecular complexity index is 851. The first-order valence-corrected chi connectivity index (χ1v) is 6.86. The summed E-state index contributed by atoms with van der Waals surface area (Å²) in [7, 11) is 0. The maximum atomic E-state index is 10.7.